The number of halogens is 2. The van der Waals surface area contributed by atoms with Gasteiger partial charge < -0.3 is 10.5 Å². The fourth-order valence-electron chi connectivity index (χ4n) is 3.73. The number of benzene rings is 1. The van der Waals surface area contributed by atoms with Crippen molar-refractivity contribution >= 4 is 10.0 Å². The Labute approximate surface area is 155 Å². The van der Waals surface area contributed by atoms with Crippen molar-refractivity contribution in [2.75, 3.05) is 12.9 Å². The monoisotopic (exact) mass is 398 g/mol. The van der Waals surface area contributed by atoms with E-state index in [-0.39, 0.29) is 11.6 Å². The van der Waals surface area contributed by atoms with Gasteiger partial charge in [0.2, 0.25) is 0 Å². The zero-order chi connectivity index (χ0) is 19.3. The first kappa shape index (κ1) is 18.5. The summed E-state index contributed by atoms with van der Waals surface area (Å²) >= 11 is 0. The molecule has 0 bridgehead atoms. The van der Waals surface area contributed by atoms with Crippen molar-refractivity contribution in [3.05, 3.63) is 52.9 Å². The van der Waals surface area contributed by atoms with E-state index in [2.05, 4.69) is 10.00 Å². The first-order chi connectivity index (χ1) is 12.7. The van der Waals surface area contributed by atoms with Crippen molar-refractivity contribution in [2.24, 2.45) is 5.73 Å². The molecule has 0 saturated carbocycles. The molecule has 3 heterocycles. The van der Waals surface area contributed by atoms with E-state index in [0.29, 0.717) is 31.8 Å². The predicted octanol–water partition coefficient (Wildman–Crippen LogP) is 1.14. The first-order valence-electron chi connectivity index (χ1n) is 8.56. The fraction of sp³-hybridized carbons (Fsp3) is 0.471. The minimum atomic E-state index is -3.40. The lowest BCUT2D eigenvalue weighted by atomic mass is 9.93. The van der Waals surface area contributed by atoms with Crippen LogP contribution in [0.5, 0.6) is 0 Å². The SMILES string of the molecule is CS(=O)(=O)n1cc2c(n1)CN(C1CO[C@H](c3cc(F)ccc3F)C(N)C1)C2. The fourth-order valence-corrected chi connectivity index (χ4v) is 4.30. The van der Waals surface area contributed by atoms with E-state index in [9.17, 15) is 17.2 Å². The van der Waals surface area contributed by atoms with Crippen molar-refractivity contribution < 1.29 is 21.9 Å². The van der Waals surface area contributed by atoms with Gasteiger partial charge in [-0.15, -0.1) is 0 Å². The van der Waals surface area contributed by atoms with Gasteiger partial charge in [0.15, 0.2) is 0 Å². The van der Waals surface area contributed by atoms with Crippen molar-refractivity contribution in [1.82, 2.24) is 14.1 Å². The molecule has 0 amide bonds. The molecule has 1 aromatic heterocycles. The Morgan fingerprint density at radius 2 is 2.07 bits per heavy atom. The van der Waals surface area contributed by atoms with Gasteiger partial charge in [0.05, 0.1) is 18.6 Å². The number of nitrogens with zero attached hydrogens (tertiary/aromatic N) is 3. The molecule has 0 aliphatic carbocycles. The normalized spacial score (nSPS) is 26.3. The molecule has 27 heavy (non-hydrogen) atoms. The molecule has 10 heteroatoms. The van der Waals surface area contributed by atoms with Gasteiger partial charge >= 0.3 is 0 Å². The zero-order valence-electron chi connectivity index (χ0n) is 14.7. The summed E-state index contributed by atoms with van der Waals surface area (Å²) in [7, 11) is -3.40. The van der Waals surface area contributed by atoms with Gasteiger partial charge in [-0.3, -0.25) is 4.90 Å². The Kier molecular flexibility index (Phi) is 4.53. The van der Waals surface area contributed by atoms with Gasteiger partial charge in [-0.25, -0.2) is 17.2 Å². The largest absolute Gasteiger partial charge is 0.370 e. The predicted molar refractivity (Wildman–Crippen MR) is 93.1 cm³/mol. The van der Waals surface area contributed by atoms with E-state index in [1.807, 2.05) is 0 Å². The van der Waals surface area contributed by atoms with Crippen LogP contribution in [0, 0.1) is 11.6 Å². The minimum Gasteiger partial charge on any atom is -0.370 e. The minimum absolute atomic E-state index is 0.00578. The quantitative estimate of drug-likeness (QED) is 0.834. The molecule has 3 atom stereocenters. The summed E-state index contributed by atoms with van der Waals surface area (Å²) in [5.41, 5.74) is 7.91. The van der Waals surface area contributed by atoms with Gasteiger partial charge in [-0.05, 0) is 24.6 Å². The molecule has 7 nitrogen and oxygen atoms in total. The third kappa shape index (κ3) is 3.49. The molecule has 1 saturated heterocycles. The van der Waals surface area contributed by atoms with Crippen molar-refractivity contribution in [1.29, 1.82) is 0 Å². The second kappa shape index (κ2) is 6.62. The van der Waals surface area contributed by atoms with Crippen LogP contribution in [0.25, 0.3) is 0 Å². The van der Waals surface area contributed by atoms with Crippen LogP contribution < -0.4 is 5.73 Å². The Balaban J connectivity index is 1.44. The van der Waals surface area contributed by atoms with Gasteiger partial charge in [-0.2, -0.15) is 9.19 Å². The van der Waals surface area contributed by atoms with Crippen molar-refractivity contribution in [3.63, 3.8) is 0 Å². The molecular formula is C17H20F2N4O3S. The summed E-state index contributed by atoms with van der Waals surface area (Å²) < 4.78 is 57.4. The molecule has 1 aromatic carbocycles. The molecule has 1 fully saturated rings. The highest BCUT2D eigenvalue weighted by Gasteiger charge is 2.37. The highest BCUT2D eigenvalue weighted by atomic mass is 32.2. The lowest BCUT2D eigenvalue weighted by Crippen LogP contribution is -2.47. The zero-order valence-corrected chi connectivity index (χ0v) is 15.5. The Bertz CT molecular complexity index is 955. The second-order valence-electron chi connectivity index (χ2n) is 7.11. The molecule has 146 valence electrons. The van der Waals surface area contributed by atoms with E-state index < -0.39 is 33.8 Å². The van der Waals surface area contributed by atoms with Crippen LogP contribution in [0.15, 0.2) is 24.4 Å². The summed E-state index contributed by atoms with van der Waals surface area (Å²) in [6.07, 6.45) is 2.49. The summed E-state index contributed by atoms with van der Waals surface area (Å²) in [6.45, 7) is 1.37. The van der Waals surface area contributed by atoms with Gasteiger partial charge in [0, 0.05) is 42.5 Å². The summed E-state index contributed by atoms with van der Waals surface area (Å²) in [5.74, 6) is -1.07. The molecule has 0 spiro atoms. The lowest BCUT2D eigenvalue weighted by Gasteiger charge is -2.38. The van der Waals surface area contributed by atoms with Crippen LogP contribution in [-0.4, -0.2) is 47.4 Å². The Hall–Kier alpha value is -1.88. The average molecular weight is 398 g/mol. The van der Waals surface area contributed by atoms with Crippen LogP contribution >= 0.6 is 0 Å². The van der Waals surface area contributed by atoms with Crippen LogP contribution in [0.3, 0.4) is 0 Å². The van der Waals surface area contributed by atoms with Gasteiger partial charge in [0.1, 0.15) is 17.7 Å². The molecule has 2 N–H and O–H groups in total. The number of fused-ring (bicyclic) bond motifs is 1. The maximum Gasteiger partial charge on any atom is 0.250 e. The van der Waals surface area contributed by atoms with Crippen molar-refractivity contribution in [2.45, 2.75) is 37.7 Å². The number of rotatable bonds is 3. The summed E-state index contributed by atoms with van der Waals surface area (Å²) in [4.78, 5) is 2.11. The summed E-state index contributed by atoms with van der Waals surface area (Å²) in [6, 6.07) is 2.78. The molecule has 2 unspecified atom stereocenters. The average Bonchev–Trinajstić information content (AvgIpc) is 3.16. The Morgan fingerprint density at radius 3 is 2.74 bits per heavy atom. The topological polar surface area (TPSA) is 90.5 Å². The smallest absolute Gasteiger partial charge is 0.250 e. The maximum absolute atomic E-state index is 14.0. The standard InChI is InChI=1S/C17H20F2N4O3S/c1-27(24,25)23-7-10-6-22(8-16(10)21-23)12-5-15(20)17(26-9-12)13-4-11(18)2-3-14(13)19/h2-4,7,12,15,17H,5-6,8-9,20H2,1H3/t12?,15?,17-/m1/s1. The van der Waals surface area contributed by atoms with E-state index in [4.69, 9.17) is 10.5 Å². The molecule has 0 radical (unpaired) electrons. The lowest BCUT2D eigenvalue weighted by molar-refractivity contribution is -0.0533. The van der Waals surface area contributed by atoms with Crippen LogP contribution in [0.2, 0.25) is 0 Å². The third-order valence-electron chi connectivity index (χ3n) is 5.10. The van der Waals surface area contributed by atoms with Crippen LogP contribution in [0.4, 0.5) is 8.78 Å². The molecule has 4 rings (SSSR count). The number of aromatic nitrogens is 2. The van der Waals surface area contributed by atoms with E-state index in [1.54, 1.807) is 0 Å². The van der Waals surface area contributed by atoms with Gasteiger partial charge in [-0.1, -0.05) is 0 Å². The number of nitrogens with two attached hydrogens (primary N) is 1. The highest BCUT2D eigenvalue weighted by Crippen LogP contribution is 2.34. The van der Waals surface area contributed by atoms with E-state index >= 15 is 0 Å². The first-order valence-corrected chi connectivity index (χ1v) is 10.4. The molecular weight excluding hydrogens is 378 g/mol. The van der Waals surface area contributed by atoms with Crippen LogP contribution in [-0.2, 0) is 27.8 Å². The highest BCUT2D eigenvalue weighted by molar-refractivity contribution is 7.89. The molecule has 2 aromatic rings. The molecule has 2 aliphatic rings. The second-order valence-corrected chi connectivity index (χ2v) is 8.95. The summed E-state index contributed by atoms with van der Waals surface area (Å²) in [5, 5.41) is 4.13. The number of hydrogen-bond donors (Lipinski definition) is 1. The third-order valence-corrected chi connectivity index (χ3v) is 5.97. The van der Waals surface area contributed by atoms with Crippen LogP contribution in [0.1, 0.15) is 29.3 Å². The number of ether oxygens (including phenoxy) is 1. The number of hydrogen-bond acceptors (Lipinski definition) is 6. The maximum atomic E-state index is 14.0. The van der Waals surface area contributed by atoms with E-state index in [1.165, 1.54) is 6.20 Å². The van der Waals surface area contributed by atoms with Gasteiger partial charge in [0.25, 0.3) is 10.0 Å². The van der Waals surface area contributed by atoms with Crippen molar-refractivity contribution in [3.8, 4) is 0 Å². The molecule has 2 aliphatic heterocycles. The van der Waals surface area contributed by atoms with E-state index in [0.717, 1.165) is 34.1 Å². The Morgan fingerprint density at radius 1 is 1.30 bits per heavy atom.